The van der Waals surface area contributed by atoms with Gasteiger partial charge in [0.2, 0.25) is 5.91 Å². The van der Waals surface area contributed by atoms with Crippen molar-refractivity contribution in [3.8, 4) is 0 Å². The summed E-state index contributed by atoms with van der Waals surface area (Å²) in [5.74, 6) is -0.718. The molecule has 0 aromatic carbocycles. The van der Waals surface area contributed by atoms with E-state index in [-0.39, 0.29) is 24.3 Å². The average Bonchev–Trinajstić information content (AvgIpc) is 2.54. The van der Waals surface area contributed by atoms with E-state index in [0.29, 0.717) is 6.54 Å². The maximum Gasteiger partial charge on any atom is 0.325 e. The van der Waals surface area contributed by atoms with E-state index in [9.17, 15) is 14.4 Å². The van der Waals surface area contributed by atoms with Gasteiger partial charge in [0, 0.05) is 6.54 Å². The molecule has 0 aliphatic carbocycles. The second kappa shape index (κ2) is 5.47. The number of hydrogen-bond donors (Lipinski definition) is 2. The minimum atomic E-state index is -0.533. The summed E-state index contributed by atoms with van der Waals surface area (Å²) < 4.78 is 0. The fourth-order valence-electron chi connectivity index (χ4n) is 1.53. The molecule has 0 spiro atoms. The van der Waals surface area contributed by atoms with Gasteiger partial charge in [-0.15, -0.1) is 6.58 Å². The van der Waals surface area contributed by atoms with Crippen LogP contribution in [0.25, 0.3) is 0 Å². The van der Waals surface area contributed by atoms with Crippen molar-refractivity contribution in [2.75, 3.05) is 13.1 Å². The number of nitrogens with one attached hydrogen (secondary N) is 2. The highest BCUT2D eigenvalue weighted by atomic mass is 16.2. The van der Waals surface area contributed by atoms with E-state index in [2.05, 4.69) is 17.2 Å². The molecular weight excluding hydrogens is 222 g/mol. The Morgan fingerprint density at radius 1 is 1.59 bits per heavy atom. The van der Waals surface area contributed by atoms with Gasteiger partial charge in [-0.2, -0.15) is 0 Å². The predicted molar refractivity (Wildman–Crippen MR) is 62.1 cm³/mol. The number of hydrogen-bond acceptors (Lipinski definition) is 3. The molecule has 0 unspecified atom stereocenters. The number of nitrogens with zero attached hydrogens (tertiary/aromatic N) is 1. The zero-order valence-corrected chi connectivity index (χ0v) is 10.0. The molecule has 1 heterocycles. The highest BCUT2D eigenvalue weighted by Gasteiger charge is 2.40. The van der Waals surface area contributed by atoms with Crippen molar-refractivity contribution < 1.29 is 14.4 Å². The monoisotopic (exact) mass is 239 g/mol. The van der Waals surface area contributed by atoms with Gasteiger partial charge in [0.05, 0.1) is 0 Å². The van der Waals surface area contributed by atoms with Crippen LogP contribution in [-0.4, -0.2) is 41.9 Å². The van der Waals surface area contributed by atoms with Crippen LogP contribution in [0.5, 0.6) is 0 Å². The predicted octanol–water partition coefficient (Wildman–Crippen LogP) is -0.135. The molecule has 1 rings (SSSR count). The molecule has 94 valence electrons. The van der Waals surface area contributed by atoms with Crippen LogP contribution in [0.4, 0.5) is 4.79 Å². The quantitative estimate of drug-likeness (QED) is 0.518. The molecule has 0 radical (unpaired) electrons. The summed E-state index contributed by atoms with van der Waals surface area (Å²) in [4.78, 5) is 35.6. The minimum absolute atomic E-state index is 0.00712. The van der Waals surface area contributed by atoms with E-state index in [4.69, 9.17) is 0 Å². The van der Waals surface area contributed by atoms with Gasteiger partial charge >= 0.3 is 6.03 Å². The second-order valence-corrected chi connectivity index (χ2v) is 4.19. The van der Waals surface area contributed by atoms with Gasteiger partial charge in [0.15, 0.2) is 0 Å². The van der Waals surface area contributed by atoms with E-state index in [1.807, 2.05) is 13.8 Å². The highest BCUT2D eigenvalue weighted by Crippen LogP contribution is 2.13. The Kier molecular flexibility index (Phi) is 4.25. The standard InChI is InChI=1S/C11H17N3O3/c1-4-5-12-8(15)6-14-10(16)9(7(2)3)13-11(14)17/h4,7,9H,1,5-6H2,2-3H3,(H,12,15)(H,13,17)/t9-/m1/s1. The van der Waals surface area contributed by atoms with Crippen molar-refractivity contribution in [3.63, 3.8) is 0 Å². The SMILES string of the molecule is C=CCNC(=O)CN1C(=O)N[C@H](C(C)C)C1=O. The molecule has 2 N–H and O–H groups in total. The molecule has 0 aromatic rings. The van der Waals surface area contributed by atoms with Crippen LogP contribution in [0.1, 0.15) is 13.8 Å². The summed E-state index contributed by atoms with van der Waals surface area (Å²) in [5, 5.41) is 5.07. The molecule has 1 aliphatic rings. The number of imide groups is 1. The number of carbonyl (C=O) groups excluding carboxylic acids is 3. The molecule has 0 saturated carbocycles. The van der Waals surface area contributed by atoms with Gasteiger partial charge in [0.25, 0.3) is 5.91 Å². The lowest BCUT2D eigenvalue weighted by molar-refractivity contribution is -0.132. The first-order chi connectivity index (χ1) is 7.97. The van der Waals surface area contributed by atoms with E-state index in [1.54, 1.807) is 0 Å². The summed E-state index contributed by atoms with van der Waals surface area (Å²) in [6.45, 7) is 7.20. The smallest absolute Gasteiger partial charge is 0.325 e. The fourth-order valence-corrected chi connectivity index (χ4v) is 1.53. The molecule has 6 nitrogen and oxygen atoms in total. The van der Waals surface area contributed by atoms with Gasteiger partial charge in [-0.25, -0.2) is 4.79 Å². The van der Waals surface area contributed by atoms with Crippen molar-refractivity contribution in [1.29, 1.82) is 0 Å². The minimum Gasteiger partial charge on any atom is -0.351 e. The van der Waals surface area contributed by atoms with E-state index in [0.717, 1.165) is 4.90 Å². The van der Waals surface area contributed by atoms with Crippen LogP contribution in [0.15, 0.2) is 12.7 Å². The number of urea groups is 1. The molecular formula is C11H17N3O3. The molecule has 4 amide bonds. The first-order valence-corrected chi connectivity index (χ1v) is 5.46. The number of rotatable bonds is 5. The van der Waals surface area contributed by atoms with Gasteiger partial charge in [-0.3, -0.25) is 14.5 Å². The lowest BCUT2D eigenvalue weighted by Gasteiger charge is -2.13. The normalized spacial score (nSPS) is 19.5. The Morgan fingerprint density at radius 2 is 2.24 bits per heavy atom. The van der Waals surface area contributed by atoms with E-state index >= 15 is 0 Å². The van der Waals surface area contributed by atoms with Gasteiger partial charge in [-0.1, -0.05) is 19.9 Å². The highest BCUT2D eigenvalue weighted by molar-refractivity contribution is 6.06. The van der Waals surface area contributed by atoms with Gasteiger partial charge in [0.1, 0.15) is 12.6 Å². The van der Waals surface area contributed by atoms with Crippen molar-refractivity contribution >= 4 is 17.8 Å². The first kappa shape index (κ1) is 13.2. The summed E-state index contributed by atoms with van der Waals surface area (Å²) in [6, 6.07) is -1.04. The average molecular weight is 239 g/mol. The zero-order valence-electron chi connectivity index (χ0n) is 10.0. The van der Waals surface area contributed by atoms with Crippen LogP contribution >= 0.6 is 0 Å². The lowest BCUT2D eigenvalue weighted by atomic mass is 10.1. The molecule has 0 aromatic heterocycles. The van der Waals surface area contributed by atoms with E-state index < -0.39 is 12.1 Å². The molecule has 17 heavy (non-hydrogen) atoms. The molecule has 0 bridgehead atoms. The number of amides is 4. The molecule has 1 atom stereocenters. The second-order valence-electron chi connectivity index (χ2n) is 4.19. The largest absolute Gasteiger partial charge is 0.351 e. The third-order valence-electron chi connectivity index (χ3n) is 2.47. The van der Waals surface area contributed by atoms with Crippen LogP contribution in [0, 0.1) is 5.92 Å². The Labute approximate surface area is 100 Å². The fraction of sp³-hybridized carbons (Fsp3) is 0.545. The van der Waals surface area contributed by atoms with Crippen molar-refractivity contribution in [3.05, 3.63) is 12.7 Å². The van der Waals surface area contributed by atoms with Crippen molar-refractivity contribution in [2.24, 2.45) is 5.92 Å². The maximum absolute atomic E-state index is 11.8. The van der Waals surface area contributed by atoms with Crippen LogP contribution in [0.2, 0.25) is 0 Å². The van der Waals surface area contributed by atoms with Crippen LogP contribution < -0.4 is 10.6 Å². The molecule has 6 heteroatoms. The van der Waals surface area contributed by atoms with Crippen LogP contribution in [-0.2, 0) is 9.59 Å². The summed E-state index contributed by atoms with van der Waals surface area (Å²) >= 11 is 0. The first-order valence-electron chi connectivity index (χ1n) is 5.46. The Bertz CT molecular complexity index is 352. The Hall–Kier alpha value is -1.85. The van der Waals surface area contributed by atoms with Crippen LogP contribution in [0.3, 0.4) is 0 Å². The van der Waals surface area contributed by atoms with Crippen molar-refractivity contribution in [1.82, 2.24) is 15.5 Å². The van der Waals surface area contributed by atoms with Crippen molar-refractivity contribution in [2.45, 2.75) is 19.9 Å². The Balaban J connectivity index is 2.60. The third kappa shape index (κ3) is 3.05. The molecule has 1 aliphatic heterocycles. The Morgan fingerprint density at radius 3 is 2.71 bits per heavy atom. The molecule has 1 fully saturated rings. The summed E-state index contributed by atoms with van der Waals surface area (Å²) in [7, 11) is 0. The topological polar surface area (TPSA) is 78.5 Å². The third-order valence-corrected chi connectivity index (χ3v) is 2.47. The van der Waals surface area contributed by atoms with Gasteiger partial charge < -0.3 is 10.6 Å². The summed E-state index contributed by atoms with van der Waals surface area (Å²) in [5.41, 5.74) is 0. The molecule has 1 saturated heterocycles. The zero-order chi connectivity index (χ0) is 13.0. The van der Waals surface area contributed by atoms with E-state index in [1.165, 1.54) is 6.08 Å². The summed E-state index contributed by atoms with van der Waals surface area (Å²) in [6.07, 6.45) is 1.53. The lowest BCUT2D eigenvalue weighted by Crippen LogP contribution is -2.41. The van der Waals surface area contributed by atoms with Gasteiger partial charge in [-0.05, 0) is 5.92 Å². The number of carbonyl (C=O) groups is 3. The maximum atomic E-state index is 11.8.